The number of esters is 1. The Kier molecular flexibility index (Phi) is 7.35. The van der Waals surface area contributed by atoms with Gasteiger partial charge in [-0.2, -0.15) is 5.26 Å². The lowest BCUT2D eigenvalue weighted by molar-refractivity contribution is -0.117. The van der Waals surface area contributed by atoms with E-state index in [1.165, 1.54) is 50.8 Å². The molecular weight excluding hydrogens is 480 g/mol. The first-order valence-electron chi connectivity index (χ1n) is 10.9. The molecule has 0 saturated carbocycles. The lowest BCUT2D eigenvalue weighted by atomic mass is 10.1. The summed E-state index contributed by atoms with van der Waals surface area (Å²) >= 11 is 0. The molecule has 0 aliphatic rings. The highest BCUT2D eigenvalue weighted by Gasteiger charge is 2.19. The standard InChI is InChI=1S/C27H20N2O8/c1-33-19-6-8-22-17(12-19)13-21(26(31)36-22)27(32)37-23-7-5-16(11-24(23)34-2)10-18(14-28)25(30)29-15-20-4-3-9-35-20/h3-13H,15H2,1-2H3,(H,29,30)/b18-10+. The highest BCUT2D eigenvalue weighted by Crippen LogP contribution is 2.30. The molecule has 4 aromatic rings. The lowest BCUT2D eigenvalue weighted by Gasteiger charge is -2.10. The molecule has 0 unspecified atom stereocenters. The van der Waals surface area contributed by atoms with Crippen molar-refractivity contribution >= 4 is 28.9 Å². The lowest BCUT2D eigenvalue weighted by Crippen LogP contribution is -2.23. The molecule has 1 N–H and O–H groups in total. The summed E-state index contributed by atoms with van der Waals surface area (Å²) in [4.78, 5) is 37.5. The summed E-state index contributed by atoms with van der Waals surface area (Å²) < 4.78 is 26.2. The molecule has 2 aromatic carbocycles. The Morgan fingerprint density at radius 2 is 1.89 bits per heavy atom. The minimum atomic E-state index is -0.949. The van der Waals surface area contributed by atoms with Crippen LogP contribution in [0.15, 0.2) is 80.1 Å². The van der Waals surface area contributed by atoms with Gasteiger partial charge in [0.25, 0.3) is 5.91 Å². The Bertz CT molecular complexity index is 1590. The molecule has 0 aliphatic heterocycles. The molecule has 0 radical (unpaired) electrons. The van der Waals surface area contributed by atoms with Gasteiger partial charge in [0.05, 0.1) is 27.0 Å². The highest BCUT2D eigenvalue weighted by molar-refractivity contribution is 6.01. The van der Waals surface area contributed by atoms with Gasteiger partial charge in [-0.25, -0.2) is 9.59 Å². The first-order valence-corrected chi connectivity index (χ1v) is 10.9. The van der Waals surface area contributed by atoms with E-state index in [4.69, 9.17) is 23.0 Å². The third-order valence-electron chi connectivity index (χ3n) is 5.23. The van der Waals surface area contributed by atoms with E-state index < -0.39 is 17.5 Å². The Balaban J connectivity index is 1.54. The third kappa shape index (κ3) is 5.68. The molecule has 0 fully saturated rings. The number of fused-ring (bicyclic) bond motifs is 1. The van der Waals surface area contributed by atoms with E-state index in [0.29, 0.717) is 22.5 Å². The fourth-order valence-corrected chi connectivity index (χ4v) is 3.37. The van der Waals surface area contributed by atoms with E-state index >= 15 is 0 Å². The van der Waals surface area contributed by atoms with Crippen LogP contribution in [0.25, 0.3) is 17.0 Å². The van der Waals surface area contributed by atoms with Crippen LogP contribution < -0.4 is 25.2 Å². The fourth-order valence-electron chi connectivity index (χ4n) is 3.37. The van der Waals surface area contributed by atoms with Crippen molar-refractivity contribution in [1.82, 2.24) is 5.32 Å². The normalized spacial score (nSPS) is 11.0. The average molecular weight is 500 g/mol. The minimum Gasteiger partial charge on any atom is -0.497 e. The number of benzene rings is 2. The number of nitrogens with zero attached hydrogens (tertiary/aromatic N) is 1. The number of carbonyl (C=O) groups is 2. The van der Waals surface area contributed by atoms with E-state index in [1.54, 1.807) is 30.3 Å². The molecule has 0 aliphatic carbocycles. The van der Waals surface area contributed by atoms with Gasteiger partial charge in [-0.3, -0.25) is 4.79 Å². The predicted octanol–water partition coefficient (Wildman–Crippen LogP) is 3.85. The van der Waals surface area contributed by atoms with E-state index in [1.807, 2.05) is 6.07 Å². The largest absolute Gasteiger partial charge is 0.497 e. The molecule has 0 spiro atoms. The summed E-state index contributed by atoms with van der Waals surface area (Å²) in [6, 6.07) is 15.8. The summed E-state index contributed by atoms with van der Waals surface area (Å²) in [6.45, 7) is 0.124. The monoisotopic (exact) mass is 500 g/mol. The van der Waals surface area contributed by atoms with Gasteiger partial charge in [-0.05, 0) is 60.2 Å². The Hall–Kier alpha value is -5.30. The van der Waals surface area contributed by atoms with Crippen molar-refractivity contribution in [1.29, 1.82) is 5.26 Å². The molecule has 37 heavy (non-hydrogen) atoms. The molecule has 0 bridgehead atoms. The molecular formula is C27H20N2O8. The zero-order chi connectivity index (χ0) is 26.4. The van der Waals surface area contributed by atoms with E-state index in [2.05, 4.69) is 5.32 Å². The number of hydrogen-bond donors (Lipinski definition) is 1. The maximum absolute atomic E-state index is 12.8. The maximum atomic E-state index is 12.8. The van der Waals surface area contributed by atoms with Gasteiger partial charge >= 0.3 is 11.6 Å². The zero-order valence-electron chi connectivity index (χ0n) is 19.8. The highest BCUT2D eigenvalue weighted by atomic mass is 16.6. The van der Waals surface area contributed by atoms with Crippen molar-refractivity contribution in [2.45, 2.75) is 6.54 Å². The molecule has 186 valence electrons. The number of rotatable bonds is 8. The van der Waals surface area contributed by atoms with Crippen LogP contribution in [0.4, 0.5) is 0 Å². The van der Waals surface area contributed by atoms with E-state index in [-0.39, 0.29) is 34.8 Å². The number of nitriles is 1. The van der Waals surface area contributed by atoms with Crippen LogP contribution in [-0.2, 0) is 11.3 Å². The van der Waals surface area contributed by atoms with Crippen molar-refractivity contribution in [2.75, 3.05) is 14.2 Å². The van der Waals surface area contributed by atoms with Gasteiger partial charge in [0, 0.05) is 5.39 Å². The number of hydrogen-bond acceptors (Lipinski definition) is 9. The number of nitrogens with one attached hydrogen (secondary N) is 1. The summed E-state index contributed by atoms with van der Waals surface area (Å²) in [6.07, 6.45) is 2.84. The van der Waals surface area contributed by atoms with Crippen LogP contribution in [0, 0.1) is 11.3 Å². The van der Waals surface area contributed by atoms with Crippen LogP contribution in [0.2, 0.25) is 0 Å². The fraction of sp³-hybridized carbons (Fsp3) is 0.111. The average Bonchev–Trinajstić information content (AvgIpc) is 3.44. The van der Waals surface area contributed by atoms with Crippen LogP contribution in [-0.4, -0.2) is 26.1 Å². The number of amides is 1. The van der Waals surface area contributed by atoms with Crippen molar-refractivity contribution < 1.29 is 32.6 Å². The van der Waals surface area contributed by atoms with E-state index in [0.717, 1.165) is 0 Å². The summed E-state index contributed by atoms with van der Waals surface area (Å²) in [5, 5.41) is 12.5. The second-order valence-electron chi connectivity index (χ2n) is 7.58. The number of ether oxygens (including phenoxy) is 3. The topological polar surface area (TPSA) is 141 Å². The van der Waals surface area contributed by atoms with Gasteiger partial charge in [0.2, 0.25) is 0 Å². The molecule has 4 rings (SSSR count). The molecule has 2 heterocycles. The second-order valence-corrected chi connectivity index (χ2v) is 7.58. The van der Waals surface area contributed by atoms with Gasteiger partial charge in [0.1, 0.15) is 34.3 Å². The summed E-state index contributed by atoms with van der Waals surface area (Å²) in [7, 11) is 2.85. The number of methoxy groups -OCH3 is 2. The number of carbonyl (C=O) groups excluding carboxylic acids is 2. The van der Waals surface area contributed by atoms with Crippen LogP contribution >= 0.6 is 0 Å². The number of furan rings is 1. The summed E-state index contributed by atoms with van der Waals surface area (Å²) in [5.41, 5.74) is -0.592. The molecule has 0 atom stereocenters. The predicted molar refractivity (Wildman–Crippen MR) is 131 cm³/mol. The van der Waals surface area contributed by atoms with Crippen molar-refractivity contribution in [3.63, 3.8) is 0 Å². The maximum Gasteiger partial charge on any atom is 0.351 e. The molecule has 10 heteroatoms. The van der Waals surface area contributed by atoms with Crippen LogP contribution in [0.3, 0.4) is 0 Å². The van der Waals surface area contributed by atoms with Crippen LogP contribution in [0.1, 0.15) is 21.7 Å². The van der Waals surface area contributed by atoms with Crippen molar-refractivity contribution in [3.8, 4) is 23.3 Å². The van der Waals surface area contributed by atoms with Gasteiger partial charge in [-0.15, -0.1) is 0 Å². The van der Waals surface area contributed by atoms with Gasteiger partial charge in [-0.1, -0.05) is 6.07 Å². The Labute approximate surface area is 210 Å². The van der Waals surface area contributed by atoms with Gasteiger partial charge < -0.3 is 28.4 Å². The molecule has 0 saturated heterocycles. The van der Waals surface area contributed by atoms with E-state index in [9.17, 15) is 19.6 Å². The first kappa shape index (κ1) is 24.8. The molecule has 1 amide bonds. The molecule has 2 aromatic heterocycles. The van der Waals surface area contributed by atoms with Crippen molar-refractivity contribution in [3.05, 3.63) is 93.7 Å². The zero-order valence-corrected chi connectivity index (χ0v) is 19.8. The molecule has 10 nitrogen and oxygen atoms in total. The second kappa shape index (κ2) is 11.0. The van der Waals surface area contributed by atoms with Crippen LogP contribution in [0.5, 0.6) is 17.2 Å². The van der Waals surface area contributed by atoms with Gasteiger partial charge in [0.15, 0.2) is 11.5 Å². The quantitative estimate of drug-likeness (QED) is 0.126. The SMILES string of the molecule is COc1ccc2oc(=O)c(C(=O)Oc3ccc(/C=C(\C#N)C(=O)NCc4ccco4)cc3OC)cc2c1. The first-order chi connectivity index (χ1) is 17.9. The Morgan fingerprint density at radius 1 is 1.05 bits per heavy atom. The third-order valence-corrected chi connectivity index (χ3v) is 5.23. The smallest absolute Gasteiger partial charge is 0.351 e. The Morgan fingerprint density at radius 3 is 2.59 bits per heavy atom. The minimum absolute atomic E-state index is 0.0237. The summed E-state index contributed by atoms with van der Waals surface area (Å²) in [5.74, 6) is -0.309. The van der Waals surface area contributed by atoms with Crippen molar-refractivity contribution in [2.24, 2.45) is 0 Å².